The number of rotatable bonds is 7. The number of benzene rings is 1. The number of ether oxygens (including phenoxy) is 2. The average molecular weight is 343 g/mol. The Morgan fingerprint density at radius 2 is 1.48 bits per heavy atom. The first-order chi connectivity index (χ1) is 11.0. The van der Waals surface area contributed by atoms with Crippen molar-refractivity contribution in [1.29, 1.82) is 0 Å². The van der Waals surface area contributed by atoms with Crippen LogP contribution in [0.2, 0.25) is 5.02 Å². The van der Waals surface area contributed by atoms with Crippen LogP contribution in [0, 0.1) is 0 Å². The summed E-state index contributed by atoms with van der Waals surface area (Å²) in [7, 11) is 0. The Morgan fingerprint density at radius 1 is 0.957 bits per heavy atom. The van der Waals surface area contributed by atoms with E-state index >= 15 is 0 Å². The van der Waals surface area contributed by atoms with Crippen molar-refractivity contribution in [3.05, 3.63) is 34.9 Å². The highest BCUT2D eigenvalue weighted by Crippen LogP contribution is 2.23. The molecule has 0 fully saturated rings. The molecule has 1 atom stereocenters. The van der Waals surface area contributed by atoms with Crippen LogP contribution in [0.4, 0.5) is 0 Å². The second-order valence-electron chi connectivity index (χ2n) is 4.87. The van der Waals surface area contributed by atoms with Crippen molar-refractivity contribution in [1.82, 2.24) is 0 Å². The van der Waals surface area contributed by atoms with Gasteiger partial charge in [-0.15, -0.1) is 0 Å². The molecule has 0 aliphatic heterocycles. The topological polar surface area (TPSA) is 52.6 Å². The molecule has 0 saturated heterocycles. The van der Waals surface area contributed by atoms with Gasteiger partial charge < -0.3 is 9.47 Å². The Bertz CT molecular complexity index is 455. The van der Waals surface area contributed by atoms with Crippen LogP contribution < -0.4 is 0 Å². The molecule has 0 aliphatic rings. The van der Waals surface area contributed by atoms with Crippen molar-refractivity contribution < 1.29 is 19.1 Å². The lowest BCUT2D eigenvalue weighted by Gasteiger charge is -2.15. The molecular formula is C18H27ClO4. The highest BCUT2D eigenvalue weighted by molar-refractivity contribution is 6.30. The Hall–Kier alpha value is -1.55. The first-order valence-corrected chi connectivity index (χ1v) is 8.45. The van der Waals surface area contributed by atoms with E-state index in [4.69, 9.17) is 21.1 Å². The second-order valence-corrected chi connectivity index (χ2v) is 5.30. The van der Waals surface area contributed by atoms with Gasteiger partial charge in [-0.1, -0.05) is 50.4 Å². The fourth-order valence-corrected chi connectivity index (χ4v) is 1.79. The first-order valence-electron chi connectivity index (χ1n) is 8.07. The van der Waals surface area contributed by atoms with Crippen molar-refractivity contribution in [2.45, 2.75) is 52.9 Å². The monoisotopic (exact) mass is 342 g/mol. The van der Waals surface area contributed by atoms with Gasteiger partial charge in [0.2, 0.25) is 0 Å². The fourth-order valence-electron chi connectivity index (χ4n) is 1.66. The first kappa shape index (κ1) is 21.4. The largest absolute Gasteiger partial charge is 0.466 e. The number of unbranched alkanes of at least 4 members (excludes halogenated alkanes) is 1. The lowest BCUT2D eigenvalue weighted by Crippen LogP contribution is -2.20. The van der Waals surface area contributed by atoms with Gasteiger partial charge in [0.1, 0.15) is 0 Å². The van der Waals surface area contributed by atoms with Crippen LogP contribution in [0.3, 0.4) is 0 Å². The maximum atomic E-state index is 11.9. The maximum Gasteiger partial charge on any atom is 0.313 e. The van der Waals surface area contributed by atoms with Gasteiger partial charge in [0, 0.05) is 5.02 Å². The van der Waals surface area contributed by atoms with Gasteiger partial charge >= 0.3 is 11.9 Å². The Kier molecular flexibility index (Phi) is 12.1. The fraction of sp³-hybridized carbons (Fsp3) is 0.556. The summed E-state index contributed by atoms with van der Waals surface area (Å²) >= 11 is 5.80. The quantitative estimate of drug-likeness (QED) is 0.671. The molecule has 0 amide bonds. The van der Waals surface area contributed by atoms with E-state index in [1.165, 1.54) is 12.8 Å². The lowest BCUT2D eigenvalue weighted by atomic mass is 9.96. The standard InChI is InChI=1S/C14H17ClO4.C4H10/c1-3-18-13(16)9-12(14(17)19-4-2)10-5-7-11(15)8-6-10;1-3-4-2/h5-8,12H,3-4,9H2,1-2H3;3-4H2,1-2H3. The number of esters is 2. The van der Waals surface area contributed by atoms with Gasteiger partial charge in [-0.25, -0.2) is 0 Å². The molecule has 23 heavy (non-hydrogen) atoms. The SMILES string of the molecule is CCCC.CCOC(=O)CC(C(=O)OCC)c1ccc(Cl)cc1. The minimum atomic E-state index is -0.656. The summed E-state index contributed by atoms with van der Waals surface area (Å²) in [5.74, 6) is -1.51. The molecule has 0 heterocycles. The van der Waals surface area contributed by atoms with Crippen LogP contribution in [0.5, 0.6) is 0 Å². The van der Waals surface area contributed by atoms with Crippen LogP contribution in [-0.4, -0.2) is 25.2 Å². The molecular weight excluding hydrogens is 316 g/mol. The molecule has 130 valence electrons. The zero-order valence-corrected chi connectivity index (χ0v) is 15.2. The number of hydrogen-bond donors (Lipinski definition) is 0. The van der Waals surface area contributed by atoms with Crippen LogP contribution >= 0.6 is 11.6 Å². The van der Waals surface area contributed by atoms with E-state index in [1.54, 1.807) is 38.1 Å². The Labute approximate surface area is 144 Å². The van der Waals surface area contributed by atoms with E-state index < -0.39 is 17.9 Å². The van der Waals surface area contributed by atoms with Crippen LogP contribution in [0.25, 0.3) is 0 Å². The van der Waals surface area contributed by atoms with Crippen LogP contribution in [-0.2, 0) is 19.1 Å². The molecule has 5 heteroatoms. The number of carbonyl (C=O) groups is 2. The second kappa shape index (κ2) is 12.9. The van der Waals surface area contributed by atoms with Gasteiger partial charge in [0.15, 0.2) is 0 Å². The smallest absolute Gasteiger partial charge is 0.313 e. The van der Waals surface area contributed by atoms with E-state index in [9.17, 15) is 9.59 Å². The van der Waals surface area contributed by atoms with Gasteiger partial charge in [0.25, 0.3) is 0 Å². The molecule has 0 spiro atoms. The number of hydrogen-bond acceptors (Lipinski definition) is 4. The average Bonchev–Trinajstić information content (AvgIpc) is 2.54. The summed E-state index contributed by atoms with van der Waals surface area (Å²) in [5.41, 5.74) is 0.691. The molecule has 0 radical (unpaired) electrons. The molecule has 1 rings (SSSR count). The molecule has 1 unspecified atom stereocenters. The molecule has 0 aromatic heterocycles. The lowest BCUT2D eigenvalue weighted by molar-refractivity contribution is -0.151. The minimum absolute atomic E-state index is 0.0334. The maximum absolute atomic E-state index is 11.9. The number of carbonyl (C=O) groups excluding carboxylic acids is 2. The third kappa shape index (κ3) is 9.24. The predicted molar refractivity (Wildman–Crippen MR) is 92.7 cm³/mol. The predicted octanol–water partition coefficient (Wildman–Crippen LogP) is 4.75. The Balaban J connectivity index is 0.00000108. The zero-order chi connectivity index (χ0) is 17.7. The molecule has 0 saturated carbocycles. The van der Waals surface area contributed by atoms with E-state index in [-0.39, 0.29) is 19.6 Å². The van der Waals surface area contributed by atoms with Gasteiger partial charge in [-0.05, 0) is 31.5 Å². The highest BCUT2D eigenvalue weighted by Gasteiger charge is 2.25. The summed E-state index contributed by atoms with van der Waals surface area (Å²) < 4.78 is 9.86. The normalized spacial score (nSPS) is 11.0. The third-order valence-corrected chi connectivity index (χ3v) is 3.27. The summed E-state index contributed by atoms with van der Waals surface area (Å²) in [4.78, 5) is 23.5. The van der Waals surface area contributed by atoms with Crippen molar-refractivity contribution in [2.75, 3.05) is 13.2 Å². The van der Waals surface area contributed by atoms with Gasteiger partial charge in [-0.3, -0.25) is 9.59 Å². The molecule has 0 bridgehead atoms. The van der Waals surface area contributed by atoms with Gasteiger partial charge in [-0.2, -0.15) is 0 Å². The van der Waals surface area contributed by atoms with E-state index in [1.807, 2.05) is 0 Å². The molecule has 1 aromatic rings. The molecule has 0 N–H and O–H groups in total. The van der Waals surface area contributed by atoms with E-state index in [0.717, 1.165) is 0 Å². The van der Waals surface area contributed by atoms with Crippen molar-refractivity contribution >= 4 is 23.5 Å². The van der Waals surface area contributed by atoms with Crippen LogP contribution in [0.1, 0.15) is 58.4 Å². The highest BCUT2D eigenvalue weighted by atomic mass is 35.5. The molecule has 1 aromatic carbocycles. The number of halogens is 1. The summed E-state index contributed by atoms with van der Waals surface area (Å²) in [6.07, 6.45) is 2.61. The Morgan fingerprint density at radius 3 is 1.91 bits per heavy atom. The van der Waals surface area contributed by atoms with Crippen LogP contribution in [0.15, 0.2) is 24.3 Å². The summed E-state index contributed by atoms with van der Waals surface area (Å²) in [6.45, 7) is 8.36. The summed E-state index contributed by atoms with van der Waals surface area (Å²) in [5, 5.41) is 0.572. The molecule has 4 nitrogen and oxygen atoms in total. The van der Waals surface area contributed by atoms with Crippen molar-refractivity contribution in [2.24, 2.45) is 0 Å². The summed E-state index contributed by atoms with van der Waals surface area (Å²) in [6, 6.07) is 6.77. The van der Waals surface area contributed by atoms with Crippen molar-refractivity contribution in [3.63, 3.8) is 0 Å². The molecule has 0 aliphatic carbocycles. The van der Waals surface area contributed by atoms with Crippen molar-refractivity contribution in [3.8, 4) is 0 Å². The zero-order valence-electron chi connectivity index (χ0n) is 14.4. The van der Waals surface area contributed by atoms with Gasteiger partial charge in [0.05, 0.1) is 25.6 Å². The minimum Gasteiger partial charge on any atom is -0.466 e. The third-order valence-electron chi connectivity index (χ3n) is 3.02. The van der Waals surface area contributed by atoms with E-state index in [2.05, 4.69) is 13.8 Å². The van der Waals surface area contributed by atoms with E-state index in [0.29, 0.717) is 10.6 Å².